The van der Waals surface area contributed by atoms with E-state index in [0.717, 1.165) is 35.5 Å². The van der Waals surface area contributed by atoms with Crippen LogP contribution < -0.4 is 24.2 Å². The lowest BCUT2D eigenvalue weighted by Gasteiger charge is -2.34. The molecule has 1 N–H and O–H groups in total. The van der Waals surface area contributed by atoms with Crippen LogP contribution in [0.5, 0.6) is 11.5 Å². The number of imide groups is 1. The number of rotatable bonds is 4. The molecule has 0 radical (unpaired) electrons. The van der Waals surface area contributed by atoms with Crippen LogP contribution in [-0.2, 0) is 19.9 Å². The van der Waals surface area contributed by atoms with Gasteiger partial charge in [-0.15, -0.1) is 0 Å². The van der Waals surface area contributed by atoms with E-state index in [9.17, 15) is 14.4 Å². The molecule has 0 saturated carbocycles. The van der Waals surface area contributed by atoms with Crippen molar-refractivity contribution in [3.63, 3.8) is 0 Å². The number of hydrogen-bond acceptors (Lipinski definition) is 5. The minimum atomic E-state index is -1.08. The van der Waals surface area contributed by atoms with Crippen molar-refractivity contribution >= 4 is 29.1 Å². The van der Waals surface area contributed by atoms with Crippen molar-refractivity contribution in [1.29, 1.82) is 0 Å². The van der Waals surface area contributed by atoms with E-state index in [4.69, 9.17) is 9.47 Å². The number of nitrogens with one attached hydrogen (secondary N) is 1. The SMILES string of the molecule is CCN1C(=O)[C@@]2(c3ccccc31)[C@@H]1C(=O)N(c3cc(OC)ccc3OC)C(=O)[C@@H]1[C@@H]1CCC[NH+]12. The number of anilines is 2. The van der Waals surface area contributed by atoms with Gasteiger partial charge in [0, 0.05) is 31.0 Å². The van der Waals surface area contributed by atoms with Gasteiger partial charge in [-0.2, -0.15) is 0 Å². The molecule has 4 heterocycles. The van der Waals surface area contributed by atoms with Crippen LogP contribution in [0.4, 0.5) is 11.4 Å². The molecule has 1 unspecified atom stereocenters. The van der Waals surface area contributed by atoms with Gasteiger partial charge in [0.15, 0.2) is 0 Å². The van der Waals surface area contributed by atoms with Gasteiger partial charge in [-0.1, -0.05) is 18.2 Å². The van der Waals surface area contributed by atoms with Crippen molar-refractivity contribution in [3.8, 4) is 11.5 Å². The summed E-state index contributed by atoms with van der Waals surface area (Å²) in [5.74, 6) is -0.994. The van der Waals surface area contributed by atoms with Crippen molar-refractivity contribution in [2.75, 3.05) is 37.1 Å². The molecule has 2 aromatic rings. The van der Waals surface area contributed by atoms with Crippen LogP contribution in [0.2, 0.25) is 0 Å². The van der Waals surface area contributed by atoms with Gasteiger partial charge in [0.2, 0.25) is 17.4 Å². The van der Waals surface area contributed by atoms with Crippen LogP contribution in [0.15, 0.2) is 42.5 Å². The molecular weight excluding hydrogens is 434 g/mol. The summed E-state index contributed by atoms with van der Waals surface area (Å²) in [6.07, 6.45) is 1.75. The van der Waals surface area contributed by atoms with Gasteiger partial charge in [0.05, 0.1) is 32.1 Å². The van der Waals surface area contributed by atoms with Gasteiger partial charge < -0.3 is 19.3 Å². The molecule has 0 bridgehead atoms. The summed E-state index contributed by atoms with van der Waals surface area (Å²) in [4.78, 5) is 46.5. The lowest BCUT2D eigenvalue weighted by molar-refractivity contribution is -0.948. The van der Waals surface area contributed by atoms with Gasteiger partial charge in [0.25, 0.3) is 5.91 Å². The molecule has 3 saturated heterocycles. The Morgan fingerprint density at radius 3 is 2.56 bits per heavy atom. The van der Waals surface area contributed by atoms with E-state index in [2.05, 4.69) is 0 Å². The zero-order valence-electron chi connectivity index (χ0n) is 19.5. The van der Waals surface area contributed by atoms with Gasteiger partial charge in [-0.05, 0) is 25.1 Å². The number of hydrogen-bond donors (Lipinski definition) is 1. The monoisotopic (exact) mass is 462 g/mol. The number of carbonyl (C=O) groups is 3. The van der Waals surface area contributed by atoms with Gasteiger partial charge in [-0.3, -0.25) is 14.4 Å². The first kappa shape index (κ1) is 21.2. The summed E-state index contributed by atoms with van der Waals surface area (Å²) in [5.41, 5.74) is 1.02. The zero-order valence-corrected chi connectivity index (χ0v) is 19.5. The van der Waals surface area contributed by atoms with E-state index in [1.165, 1.54) is 19.1 Å². The maximum absolute atomic E-state index is 14.2. The summed E-state index contributed by atoms with van der Waals surface area (Å²) in [6.45, 7) is 3.24. The highest BCUT2D eigenvalue weighted by molar-refractivity contribution is 6.26. The third kappa shape index (κ3) is 2.34. The number of para-hydroxylation sites is 1. The lowest BCUT2D eigenvalue weighted by Crippen LogP contribution is -3.20. The minimum Gasteiger partial charge on any atom is -0.497 e. The Morgan fingerprint density at radius 2 is 1.82 bits per heavy atom. The number of ether oxygens (including phenoxy) is 2. The van der Waals surface area contributed by atoms with Crippen molar-refractivity contribution in [1.82, 2.24) is 0 Å². The highest BCUT2D eigenvalue weighted by Crippen LogP contribution is 2.54. The third-order valence-corrected chi connectivity index (χ3v) is 8.31. The molecule has 0 aromatic heterocycles. The second-order valence-electron chi connectivity index (χ2n) is 9.45. The first-order chi connectivity index (χ1) is 16.5. The Bertz CT molecular complexity index is 1230. The number of fused-ring (bicyclic) bond motifs is 7. The third-order valence-electron chi connectivity index (χ3n) is 8.31. The predicted octanol–water partition coefficient (Wildman–Crippen LogP) is 1.13. The fourth-order valence-electron chi connectivity index (χ4n) is 7.12. The largest absolute Gasteiger partial charge is 0.497 e. The molecule has 176 valence electrons. The smallest absolute Gasteiger partial charge is 0.294 e. The van der Waals surface area contributed by atoms with Crippen molar-refractivity contribution in [2.24, 2.45) is 11.8 Å². The summed E-state index contributed by atoms with van der Waals surface area (Å²) >= 11 is 0. The van der Waals surface area contributed by atoms with E-state index in [-0.39, 0.29) is 23.8 Å². The number of nitrogens with zero attached hydrogens (tertiary/aromatic N) is 2. The number of likely N-dealkylation sites (N-methyl/N-ethyl adjacent to an activating group) is 1. The van der Waals surface area contributed by atoms with Gasteiger partial charge in [0.1, 0.15) is 29.4 Å². The van der Waals surface area contributed by atoms with Crippen LogP contribution in [0.3, 0.4) is 0 Å². The minimum absolute atomic E-state index is 0.0637. The lowest BCUT2D eigenvalue weighted by atomic mass is 9.75. The van der Waals surface area contributed by atoms with Crippen molar-refractivity contribution in [3.05, 3.63) is 48.0 Å². The Labute approximate surface area is 198 Å². The normalized spacial score (nSPS) is 31.3. The van der Waals surface area contributed by atoms with Crippen LogP contribution in [0, 0.1) is 11.8 Å². The van der Waals surface area contributed by atoms with E-state index in [1.807, 2.05) is 31.2 Å². The highest BCUT2D eigenvalue weighted by Gasteiger charge is 2.79. The number of benzene rings is 2. The zero-order chi connectivity index (χ0) is 23.8. The molecule has 34 heavy (non-hydrogen) atoms. The van der Waals surface area contributed by atoms with E-state index >= 15 is 0 Å². The molecule has 4 aliphatic heterocycles. The maximum atomic E-state index is 14.2. The molecule has 8 heteroatoms. The topological polar surface area (TPSA) is 80.6 Å². The maximum Gasteiger partial charge on any atom is 0.294 e. The van der Waals surface area contributed by atoms with Crippen LogP contribution in [0.25, 0.3) is 0 Å². The van der Waals surface area contributed by atoms with E-state index < -0.39 is 17.4 Å². The van der Waals surface area contributed by atoms with Gasteiger partial charge >= 0.3 is 0 Å². The number of carbonyl (C=O) groups excluding carboxylic acids is 3. The molecule has 3 fully saturated rings. The second kappa shape index (κ2) is 7.30. The fourth-order valence-corrected chi connectivity index (χ4v) is 7.12. The molecule has 3 amide bonds. The Morgan fingerprint density at radius 1 is 1.03 bits per heavy atom. The quantitative estimate of drug-likeness (QED) is 0.690. The summed E-state index contributed by atoms with van der Waals surface area (Å²) < 4.78 is 10.9. The summed E-state index contributed by atoms with van der Waals surface area (Å²) in [6, 6.07) is 12.8. The number of quaternary nitrogens is 1. The second-order valence-corrected chi connectivity index (χ2v) is 9.45. The fraction of sp³-hybridized carbons (Fsp3) is 0.423. The standard InChI is InChI=1S/C26H27N3O5/c1-4-27-17-9-6-5-8-16(17)26(25(27)32)22-21(18-10-7-13-28(18)26)23(30)29(24(22)31)19-14-15(33-2)11-12-20(19)34-3/h5-6,8-9,11-12,14,18,21-22H,4,7,10,13H2,1-3H3/p+1/t18-,21+,22-,26+/m0/s1. The molecule has 6 rings (SSSR count). The molecule has 5 atom stereocenters. The predicted molar refractivity (Wildman–Crippen MR) is 124 cm³/mol. The van der Waals surface area contributed by atoms with Gasteiger partial charge in [-0.25, -0.2) is 4.90 Å². The first-order valence-electron chi connectivity index (χ1n) is 11.9. The van der Waals surface area contributed by atoms with Crippen molar-refractivity contribution in [2.45, 2.75) is 31.3 Å². The summed E-state index contributed by atoms with van der Waals surface area (Å²) in [7, 11) is 3.05. The van der Waals surface area contributed by atoms with E-state index in [0.29, 0.717) is 23.7 Å². The molecule has 4 aliphatic rings. The highest BCUT2D eigenvalue weighted by atomic mass is 16.5. The Kier molecular flexibility index (Phi) is 4.55. The molecule has 0 aliphatic carbocycles. The molecule has 8 nitrogen and oxygen atoms in total. The van der Waals surface area contributed by atoms with Crippen LogP contribution >= 0.6 is 0 Å². The van der Waals surface area contributed by atoms with Crippen LogP contribution in [-0.4, -0.2) is 51.1 Å². The molecular formula is C26H28N3O5+. The average Bonchev–Trinajstić information content (AvgIpc) is 3.56. The number of methoxy groups -OCH3 is 2. The van der Waals surface area contributed by atoms with Crippen LogP contribution in [0.1, 0.15) is 25.3 Å². The number of amides is 3. The molecule has 1 spiro atoms. The molecule has 2 aromatic carbocycles. The summed E-state index contributed by atoms with van der Waals surface area (Å²) in [5, 5.41) is 0. The Hall–Kier alpha value is -3.39. The first-order valence-corrected chi connectivity index (χ1v) is 11.9. The average molecular weight is 463 g/mol. The van der Waals surface area contributed by atoms with Crippen molar-refractivity contribution < 1.29 is 28.8 Å². The van der Waals surface area contributed by atoms with E-state index in [1.54, 1.807) is 23.1 Å². The Balaban J connectivity index is 1.56.